The summed E-state index contributed by atoms with van der Waals surface area (Å²) in [7, 11) is -1.76. The van der Waals surface area contributed by atoms with E-state index in [1.165, 1.54) is 0 Å². The van der Waals surface area contributed by atoms with E-state index in [9.17, 15) is 19.9 Å². The monoisotopic (exact) mass is 371 g/mol. The van der Waals surface area contributed by atoms with Crippen LogP contribution in [0.5, 0.6) is 5.75 Å². The lowest BCUT2D eigenvalue weighted by Gasteiger charge is -2.19. The number of nitrogens with one attached hydrogen (secondary N) is 1. The zero-order chi connectivity index (χ0) is 19.8. The Hall–Kier alpha value is -2.35. The topological polar surface area (TPSA) is 110 Å². The normalized spacial score (nSPS) is 11.9. The third-order valence-corrected chi connectivity index (χ3v) is 4.53. The molecule has 6 nitrogen and oxygen atoms in total. The van der Waals surface area contributed by atoms with Crippen LogP contribution >= 0.6 is 0 Å². The van der Waals surface area contributed by atoms with Crippen molar-refractivity contribution in [1.82, 2.24) is 5.32 Å². The molecular formula is C20H26BNO5. The average molecular weight is 371 g/mol. The zero-order valence-corrected chi connectivity index (χ0v) is 15.4. The Balaban J connectivity index is 2.03. The second-order valence-corrected chi connectivity index (χ2v) is 6.66. The molecule has 2 aromatic carbocycles. The fourth-order valence-electron chi connectivity index (χ4n) is 2.87. The fourth-order valence-corrected chi connectivity index (χ4v) is 2.87. The standard InChI is InChI=1S/C20H26BNO5/c1-14-5-4-7-17(19(14)24)13-18(21(26)27)22-20(25)16-10-8-15(9-11-16)6-2-3-12-23/h4-5,7-11,18,23-24,26-27H,2-3,6,12-13H2,1H3,(H,22,25)/t18-/m0/s1. The van der Waals surface area contributed by atoms with Crippen LogP contribution in [0.3, 0.4) is 0 Å². The van der Waals surface area contributed by atoms with E-state index in [2.05, 4.69) is 5.32 Å². The molecule has 0 heterocycles. The number of phenolic OH excluding ortho intramolecular Hbond substituents is 1. The average Bonchev–Trinajstić information content (AvgIpc) is 2.65. The summed E-state index contributed by atoms with van der Waals surface area (Å²) in [6.07, 6.45) is 2.54. The van der Waals surface area contributed by atoms with Crippen molar-refractivity contribution in [3.8, 4) is 5.75 Å². The quantitative estimate of drug-likeness (QED) is 0.338. The minimum Gasteiger partial charge on any atom is -0.507 e. The van der Waals surface area contributed by atoms with E-state index in [1.807, 2.05) is 12.1 Å². The number of benzene rings is 2. The van der Waals surface area contributed by atoms with E-state index in [1.54, 1.807) is 37.3 Å². The Morgan fingerprint density at radius 3 is 2.44 bits per heavy atom. The van der Waals surface area contributed by atoms with Crippen molar-refractivity contribution in [2.24, 2.45) is 0 Å². The van der Waals surface area contributed by atoms with Crippen LogP contribution in [0.4, 0.5) is 0 Å². The third-order valence-electron chi connectivity index (χ3n) is 4.53. The number of aliphatic hydroxyl groups excluding tert-OH is 1. The van der Waals surface area contributed by atoms with Crippen molar-refractivity contribution >= 4 is 13.0 Å². The Kier molecular flexibility index (Phi) is 7.85. The highest BCUT2D eigenvalue weighted by Crippen LogP contribution is 2.23. The largest absolute Gasteiger partial charge is 0.507 e. The van der Waals surface area contributed by atoms with E-state index in [0.29, 0.717) is 16.7 Å². The molecule has 0 spiro atoms. The number of rotatable bonds is 9. The number of unbranched alkanes of at least 4 members (excludes halogenated alkanes) is 1. The number of aromatic hydroxyl groups is 1. The van der Waals surface area contributed by atoms with Gasteiger partial charge in [0, 0.05) is 12.2 Å². The highest BCUT2D eigenvalue weighted by Gasteiger charge is 2.27. The van der Waals surface area contributed by atoms with E-state index in [-0.39, 0.29) is 18.8 Å². The SMILES string of the molecule is Cc1cccc(C[C@H](NC(=O)c2ccc(CCCCO)cc2)B(O)O)c1O. The molecule has 0 aliphatic heterocycles. The first-order valence-electron chi connectivity index (χ1n) is 9.06. The summed E-state index contributed by atoms with van der Waals surface area (Å²) in [6, 6.07) is 12.3. The Morgan fingerprint density at radius 2 is 1.81 bits per heavy atom. The van der Waals surface area contributed by atoms with Crippen molar-refractivity contribution in [3.63, 3.8) is 0 Å². The molecular weight excluding hydrogens is 345 g/mol. The van der Waals surface area contributed by atoms with Gasteiger partial charge in [0.05, 0.1) is 5.94 Å². The molecule has 0 saturated carbocycles. The molecule has 5 N–H and O–H groups in total. The van der Waals surface area contributed by atoms with Gasteiger partial charge in [-0.2, -0.15) is 0 Å². The summed E-state index contributed by atoms with van der Waals surface area (Å²) >= 11 is 0. The molecule has 0 aliphatic carbocycles. The van der Waals surface area contributed by atoms with Crippen molar-refractivity contribution < 1.29 is 25.1 Å². The number of aliphatic hydroxyl groups is 1. The number of phenols is 1. The zero-order valence-electron chi connectivity index (χ0n) is 15.4. The first-order valence-corrected chi connectivity index (χ1v) is 9.06. The smallest absolute Gasteiger partial charge is 0.475 e. The summed E-state index contributed by atoms with van der Waals surface area (Å²) in [5.74, 6) is -1.28. The molecule has 0 saturated heterocycles. The fraction of sp³-hybridized carbons (Fsp3) is 0.350. The van der Waals surface area contributed by atoms with Crippen molar-refractivity contribution in [1.29, 1.82) is 0 Å². The van der Waals surface area contributed by atoms with E-state index < -0.39 is 19.0 Å². The van der Waals surface area contributed by atoms with Gasteiger partial charge in [-0.15, -0.1) is 0 Å². The molecule has 0 fully saturated rings. The molecule has 2 rings (SSSR count). The van der Waals surface area contributed by atoms with Crippen LogP contribution in [0.1, 0.15) is 39.9 Å². The summed E-state index contributed by atoms with van der Waals surface area (Å²) < 4.78 is 0. The van der Waals surface area contributed by atoms with Crippen LogP contribution in [0.15, 0.2) is 42.5 Å². The van der Waals surface area contributed by atoms with Crippen molar-refractivity contribution in [3.05, 3.63) is 64.7 Å². The predicted octanol–water partition coefficient (Wildman–Crippen LogP) is 1.37. The van der Waals surface area contributed by atoms with Crippen molar-refractivity contribution in [2.45, 2.75) is 38.5 Å². The molecule has 0 radical (unpaired) electrons. The maximum Gasteiger partial charge on any atom is 0.475 e. The van der Waals surface area contributed by atoms with Crippen LogP contribution in [-0.4, -0.2) is 45.8 Å². The molecule has 0 unspecified atom stereocenters. The van der Waals surface area contributed by atoms with Gasteiger partial charge in [0.25, 0.3) is 5.91 Å². The number of carbonyl (C=O) groups excluding carboxylic acids is 1. The van der Waals surface area contributed by atoms with Crippen LogP contribution in [0.2, 0.25) is 0 Å². The molecule has 1 atom stereocenters. The lowest BCUT2D eigenvalue weighted by Crippen LogP contribution is -2.47. The van der Waals surface area contributed by atoms with Gasteiger partial charge in [0.15, 0.2) is 0 Å². The Labute approximate surface area is 159 Å². The number of hydrogen-bond donors (Lipinski definition) is 5. The van der Waals surface area contributed by atoms with Crippen LogP contribution in [0, 0.1) is 6.92 Å². The van der Waals surface area contributed by atoms with Crippen LogP contribution < -0.4 is 5.32 Å². The Morgan fingerprint density at radius 1 is 1.11 bits per heavy atom. The first kappa shape index (κ1) is 21.0. The van der Waals surface area contributed by atoms with Gasteiger partial charge >= 0.3 is 7.12 Å². The van der Waals surface area contributed by atoms with E-state index >= 15 is 0 Å². The van der Waals surface area contributed by atoms with Gasteiger partial charge in [0.2, 0.25) is 0 Å². The predicted molar refractivity (Wildman–Crippen MR) is 104 cm³/mol. The summed E-state index contributed by atoms with van der Waals surface area (Å²) in [4.78, 5) is 12.4. The first-order chi connectivity index (χ1) is 12.9. The van der Waals surface area contributed by atoms with Gasteiger partial charge in [-0.1, -0.05) is 30.3 Å². The second-order valence-electron chi connectivity index (χ2n) is 6.66. The van der Waals surface area contributed by atoms with E-state index in [0.717, 1.165) is 24.8 Å². The maximum atomic E-state index is 12.4. The minimum atomic E-state index is -1.76. The molecule has 0 aliphatic rings. The summed E-state index contributed by atoms with van der Waals surface area (Å²) in [5.41, 5.74) is 2.71. The molecule has 144 valence electrons. The third kappa shape index (κ3) is 6.10. The van der Waals surface area contributed by atoms with Gasteiger partial charge in [-0.05, 0) is 61.4 Å². The maximum absolute atomic E-state index is 12.4. The van der Waals surface area contributed by atoms with Crippen LogP contribution in [-0.2, 0) is 12.8 Å². The molecule has 7 heteroatoms. The second kappa shape index (κ2) is 10.1. The number of aryl methyl sites for hydroxylation is 2. The van der Waals surface area contributed by atoms with E-state index in [4.69, 9.17) is 5.11 Å². The number of hydrogen-bond acceptors (Lipinski definition) is 5. The van der Waals surface area contributed by atoms with Crippen LogP contribution in [0.25, 0.3) is 0 Å². The number of para-hydroxylation sites is 1. The minimum absolute atomic E-state index is 0.0876. The van der Waals surface area contributed by atoms with Gasteiger partial charge in [0.1, 0.15) is 5.75 Å². The summed E-state index contributed by atoms with van der Waals surface area (Å²) in [5, 5.41) is 40.8. The Bertz CT molecular complexity index is 749. The molecule has 2 aromatic rings. The number of carbonyl (C=O) groups is 1. The highest BCUT2D eigenvalue weighted by molar-refractivity contribution is 6.43. The summed E-state index contributed by atoms with van der Waals surface area (Å²) in [6.45, 7) is 1.92. The van der Waals surface area contributed by atoms with Gasteiger partial charge < -0.3 is 25.6 Å². The molecule has 0 aromatic heterocycles. The molecule has 0 bridgehead atoms. The lowest BCUT2D eigenvalue weighted by atomic mass is 9.75. The number of amides is 1. The molecule has 27 heavy (non-hydrogen) atoms. The van der Waals surface area contributed by atoms with Gasteiger partial charge in [-0.3, -0.25) is 4.79 Å². The van der Waals surface area contributed by atoms with Gasteiger partial charge in [-0.25, -0.2) is 0 Å². The molecule has 1 amide bonds. The van der Waals surface area contributed by atoms with Crippen molar-refractivity contribution in [2.75, 3.05) is 6.61 Å². The lowest BCUT2D eigenvalue weighted by molar-refractivity contribution is 0.0942. The highest BCUT2D eigenvalue weighted by atomic mass is 16.4.